The normalized spacial score (nSPS) is 10.6. The largest absolute Gasteiger partial charge is 0.475 e. The quantitative estimate of drug-likeness (QED) is 0.803. The van der Waals surface area contributed by atoms with E-state index in [0.29, 0.717) is 34.8 Å². The summed E-state index contributed by atoms with van der Waals surface area (Å²) in [7, 11) is 0. The molecule has 0 spiro atoms. The van der Waals surface area contributed by atoms with Crippen molar-refractivity contribution in [1.29, 1.82) is 0 Å². The molecule has 4 heteroatoms. The lowest BCUT2D eigenvalue weighted by molar-refractivity contribution is 0.0663. The van der Waals surface area contributed by atoms with Gasteiger partial charge in [-0.1, -0.05) is 19.1 Å². The summed E-state index contributed by atoms with van der Waals surface area (Å²) < 4.78 is 5.24. The third-order valence-corrected chi connectivity index (χ3v) is 2.52. The Balaban J connectivity index is 2.88. The number of carbonyl (C=O) groups is 2. The van der Waals surface area contributed by atoms with Crippen LogP contribution >= 0.6 is 0 Å². The molecule has 1 aromatic heterocycles. The molecule has 2 rings (SSSR count). The van der Waals surface area contributed by atoms with Crippen LogP contribution in [0.1, 0.15) is 33.4 Å². The van der Waals surface area contributed by atoms with E-state index < -0.39 is 5.97 Å². The molecule has 1 aromatic carbocycles. The maximum Gasteiger partial charge on any atom is 0.372 e. The number of aldehydes is 1. The minimum absolute atomic E-state index is 0.0770. The highest BCUT2D eigenvalue weighted by Crippen LogP contribution is 2.28. The smallest absolute Gasteiger partial charge is 0.372 e. The lowest BCUT2D eigenvalue weighted by atomic mass is 10.0. The fourth-order valence-corrected chi connectivity index (χ4v) is 1.85. The molecule has 2 aromatic rings. The third-order valence-electron chi connectivity index (χ3n) is 2.52. The second kappa shape index (κ2) is 3.81. The van der Waals surface area contributed by atoms with Crippen LogP contribution in [0, 0.1) is 0 Å². The van der Waals surface area contributed by atoms with Gasteiger partial charge < -0.3 is 9.52 Å². The molecule has 1 N–H and O–H groups in total. The van der Waals surface area contributed by atoms with Crippen LogP contribution in [0.3, 0.4) is 0 Å². The van der Waals surface area contributed by atoms with E-state index in [1.807, 2.05) is 6.92 Å². The Hall–Kier alpha value is -2.10. The SMILES string of the molecule is CCc1c(C(=O)O)oc2cccc(C=O)c12. The molecule has 0 saturated carbocycles. The van der Waals surface area contributed by atoms with Crippen LogP contribution in [0.2, 0.25) is 0 Å². The molecule has 0 radical (unpaired) electrons. The molecule has 16 heavy (non-hydrogen) atoms. The van der Waals surface area contributed by atoms with Crippen molar-refractivity contribution >= 4 is 23.2 Å². The molecule has 0 aliphatic rings. The number of furan rings is 1. The number of rotatable bonds is 3. The highest BCUT2D eigenvalue weighted by atomic mass is 16.4. The summed E-state index contributed by atoms with van der Waals surface area (Å²) in [5, 5.41) is 9.59. The molecule has 0 amide bonds. The first-order valence-electron chi connectivity index (χ1n) is 4.92. The summed E-state index contributed by atoms with van der Waals surface area (Å²) >= 11 is 0. The number of carboxylic acids is 1. The van der Waals surface area contributed by atoms with Crippen molar-refractivity contribution in [3.63, 3.8) is 0 Å². The number of fused-ring (bicyclic) bond motifs is 1. The minimum Gasteiger partial charge on any atom is -0.475 e. The van der Waals surface area contributed by atoms with E-state index in [-0.39, 0.29) is 5.76 Å². The van der Waals surface area contributed by atoms with E-state index in [1.165, 1.54) is 0 Å². The number of hydrogen-bond acceptors (Lipinski definition) is 3. The average Bonchev–Trinajstić information content (AvgIpc) is 2.67. The topological polar surface area (TPSA) is 67.5 Å². The van der Waals surface area contributed by atoms with Gasteiger partial charge in [0.1, 0.15) is 5.58 Å². The van der Waals surface area contributed by atoms with Crippen LogP contribution in [-0.2, 0) is 6.42 Å². The van der Waals surface area contributed by atoms with Crippen molar-refractivity contribution in [1.82, 2.24) is 0 Å². The minimum atomic E-state index is -1.11. The molecule has 4 nitrogen and oxygen atoms in total. The maximum absolute atomic E-state index is 11.0. The fourth-order valence-electron chi connectivity index (χ4n) is 1.85. The van der Waals surface area contributed by atoms with Crippen molar-refractivity contribution in [3.05, 3.63) is 35.1 Å². The first-order chi connectivity index (χ1) is 7.69. The van der Waals surface area contributed by atoms with Crippen molar-refractivity contribution in [2.75, 3.05) is 0 Å². The van der Waals surface area contributed by atoms with Crippen LogP contribution in [-0.4, -0.2) is 17.4 Å². The van der Waals surface area contributed by atoms with Gasteiger partial charge in [-0.3, -0.25) is 4.79 Å². The maximum atomic E-state index is 11.0. The van der Waals surface area contributed by atoms with Gasteiger partial charge in [-0.25, -0.2) is 4.79 Å². The van der Waals surface area contributed by atoms with Gasteiger partial charge in [0, 0.05) is 16.5 Å². The zero-order valence-corrected chi connectivity index (χ0v) is 8.69. The Labute approximate surface area is 91.5 Å². The highest BCUT2D eigenvalue weighted by Gasteiger charge is 2.20. The van der Waals surface area contributed by atoms with E-state index in [4.69, 9.17) is 9.52 Å². The lowest BCUT2D eigenvalue weighted by Gasteiger charge is -1.96. The van der Waals surface area contributed by atoms with Crippen molar-refractivity contribution in [3.8, 4) is 0 Å². The summed E-state index contributed by atoms with van der Waals surface area (Å²) in [6.45, 7) is 1.83. The van der Waals surface area contributed by atoms with Crippen molar-refractivity contribution < 1.29 is 19.1 Å². The van der Waals surface area contributed by atoms with Gasteiger partial charge in [0.2, 0.25) is 5.76 Å². The van der Waals surface area contributed by atoms with Crippen LogP contribution < -0.4 is 0 Å². The van der Waals surface area contributed by atoms with Gasteiger partial charge in [-0.2, -0.15) is 0 Å². The van der Waals surface area contributed by atoms with Gasteiger partial charge in [0.05, 0.1) is 0 Å². The lowest BCUT2D eigenvalue weighted by Crippen LogP contribution is -1.98. The number of hydrogen-bond donors (Lipinski definition) is 1. The molecule has 0 aliphatic heterocycles. The van der Waals surface area contributed by atoms with Crippen LogP contribution in [0.4, 0.5) is 0 Å². The van der Waals surface area contributed by atoms with Gasteiger partial charge in [0.25, 0.3) is 0 Å². The van der Waals surface area contributed by atoms with Gasteiger partial charge >= 0.3 is 5.97 Å². The molecule has 1 heterocycles. The molecule has 0 saturated heterocycles. The molecular weight excluding hydrogens is 208 g/mol. The summed E-state index contributed by atoms with van der Waals surface area (Å²) in [6, 6.07) is 4.98. The summed E-state index contributed by atoms with van der Waals surface area (Å²) in [5.41, 5.74) is 1.48. The first-order valence-corrected chi connectivity index (χ1v) is 4.92. The third kappa shape index (κ3) is 1.39. The van der Waals surface area contributed by atoms with Crippen molar-refractivity contribution in [2.24, 2.45) is 0 Å². The summed E-state index contributed by atoms with van der Waals surface area (Å²) in [6.07, 6.45) is 1.22. The average molecular weight is 218 g/mol. The standard InChI is InChI=1S/C12H10O4/c1-2-8-10-7(6-13)4-3-5-9(10)16-11(8)12(14)15/h3-6H,2H2,1H3,(H,14,15). The van der Waals surface area contributed by atoms with Crippen molar-refractivity contribution in [2.45, 2.75) is 13.3 Å². The number of aromatic carboxylic acids is 1. The van der Waals surface area contributed by atoms with E-state index in [0.717, 1.165) is 0 Å². The van der Waals surface area contributed by atoms with Gasteiger partial charge in [-0.15, -0.1) is 0 Å². The monoisotopic (exact) mass is 218 g/mol. The number of benzene rings is 1. The number of aryl methyl sites for hydroxylation is 1. The fraction of sp³-hybridized carbons (Fsp3) is 0.167. The predicted molar refractivity (Wildman–Crippen MR) is 57.9 cm³/mol. The Bertz CT molecular complexity index is 566. The molecule has 0 bridgehead atoms. The van der Waals surface area contributed by atoms with Crippen LogP contribution in [0.25, 0.3) is 11.0 Å². The van der Waals surface area contributed by atoms with E-state index in [9.17, 15) is 9.59 Å². The molecule has 0 aliphatic carbocycles. The predicted octanol–water partition coefficient (Wildman–Crippen LogP) is 2.51. The van der Waals surface area contributed by atoms with Gasteiger partial charge in [-0.05, 0) is 12.5 Å². The molecule has 0 fully saturated rings. The molecular formula is C12H10O4. The van der Waals surface area contributed by atoms with E-state index in [1.54, 1.807) is 18.2 Å². The number of carbonyl (C=O) groups excluding carboxylic acids is 1. The number of carboxylic acid groups (broad SMARTS) is 1. The summed E-state index contributed by atoms with van der Waals surface area (Å²) in [5.74, 6) is -1.18. The Morgan fingerprint density at radius 2 is 2.25 bits per heavy atom. The second-order valence-electron chi connectivity index (χ2n) is 3.41. The van der Waals surface area contributed by atoms with Gasteiger partial charge in [0.15, 0.2) is 6.29 Å². The Kier molecular flexibility index (Phi) is 2.48. The molecule has 0 atom stereocenters. The second-order valence-corrected chi connectivity index (χ2v) is 3.41. The first kappa shape index (κ1) is 10.4. The zero-order valence-electron chi connectivity index (χ0n) is 8.69. The van der Waals surface area contributed by atoms with Crippen LogP contribution in [0.5, 0.6) is 0 Å². The van der Waals surface area contributed by atoms with E-state index in [2.05, 4.69) is 0 Å². The highest BCUT2D eigenvalue weighted by molar-refractivity contribution is 6.02. The van der Waals surface area contributed by atoms with Crippen LogP contribution in [0.15, 0.2) is 22.6 Å². The Morgan fingerprint density at radius 1 is 1.50 bits per heavy atom. The van der Waals surface area contributed by atoms with E-state index >= 15 is 0 Å². The Morgan fingerprint density at radius 3 is 2.81 bits per heavy atom. The molecule has 82 valence electrons. The molecule has 0 unspecified atom stereocenters. The zero-order chi connectivity index (χ0) is 11.7. The summed E-state index contributed by atoms with van der Waals surface area (Å²) in [4.78, 5) is 21.8.